The molecule has 0 amide bonds. The molecule has 8 aromatic rings. The summed E-state index contributed by atoms with van der Waals surface area (Å²) >= 11 is 0. The highest BCUT2D eigenvalue weighted by atomic mass is 16.3. The molecule has 0 atom stereocenters. The van der Waals surface area contributed by atoms with E-state index in [2.05, 4.69) is 164 Å². The lowest BCUT2D eigenvalue weighted by atomic mass is 9.82. The molecule has 0 bridgehead atoms. The Morgan fingerprint density at radius 1 is 0.467 bits per heavy atom. The van der Waals surface area contributed by atoms with Crippen molar-refractivity contribution in [2.75, 3.05) is 4.90 Å². The molecule has 0 fully saturated rings. The summed E-state index contributed by atoms with van der Waals surface area (Å²) in [6.45, 7) is 4.69. The molecule has 1 aliphatic carbocycles. The number of anilines is 3. The fraction of sp³-hybridized carbons (Fsp3) is 0.0698. The van der Waals surface area contributed by atoms with Gasteiger partial charge in [-0.25, -0.2) is 0 Å². The Morgan fingerprint density at radius 2 is 1.16 bits per heavy atom. The largest absolute Gasteiger partial charge is 0.456 e. The van der Waals surface area contributed by atoms with E-state index in [1.54, 1.807) is 0 Å². The molecule has 1 heterocycles. The molecule has 1 aliphatic rings. The van der Waals surface area contributed by atoms with Gasteiger partial charge in [-0.3, -0.25) is 0 Å². The zero-order chi connectivity index (χ0) is 30.1. The number of benzene rings is 7. The van der Waals surface area contributed by atoms with Gasteiger partial charge >= 0.3 is 0 Å². The van der Waals surface area contributed by atoms with E-state index in [1.807, 2.05) is 6.07 Å². The average molecular weight is 578 g/mol. The molecule has 0 saturated heterocycles. The van der Waals surface area contributed by atoms with E-state index in [0.717, 1.165) is 44.6 Å². The second-order valence-corrected chi connectivity index (χ2v) is 12.6. The number of rotatable bonds is 4. The summed E-state index contributed by atoms with van der Waals surface area (Å²) in [4.78, 5) is 2.42. The summed E-state index contributed by atoms with van der Waals surface area (Å²) in [5, 5.41) is 4.69. The smallest absolute Gasteiger partial charge is 0.137 e. The van der Waals surface area contributed by atoms with E-state index in [-0.39, 0.29) is 5.41 Å². The number of hydrogen-bond acceptors (Lipinski definition) is 2. The van der Waals surface area contributed by atoms with Crippen molar-refractivity contribution >= 4 is 49.8 Å². The van der Waals surface area contributed by atoms with Crippen LogP contribution in [0.2, 0.25) is 0 Å². The molecular formula is C43H31NO. The fourth-order valence-electron chi connectivity index (χ4n) is 7.37. The van der Waals surface area contributed by atoms with Crippen molar-refractivity contribution in [1.29, 1.82) is 0 Å². The van der Waals surface area contributed by atoms with Gasteiger partial charge in [0.25, 0.3) is 0 Å². The van der Waals surface area contributed by atoms with Crippen molar-refractivity contribution in [2.45, 2.75) is 19.3 Å². The minimum absolute atomic E-state index is 0.109. The predicted molar refractivity (Wildman–Crippen MR) is 189 cm³/mol. The van der Waals surface area contributed by atoms with Crippen LogP contribution in [0.1, 0.15) is 25.0 Å². The molecule has 0 unspecified atom stereocenters. The van der Waals surface area contributed by atoms with Gasteiger partial charge in [0.2, 0.25) is 0 Å². The molecule has 2 nitrogen and oxygen atoms in total. The van der Waals surface area contributed by atoms with E-state index in [0.29, 0.717) is 0 Å². The van der Waals surface area contributed by atoms with Gasteiger partial charge in [0, 0.05) is 39.2 Å². The second kappa shape index (κ2) is 9.70. The molecule has 9 rings (SSSR count). The Hall–Kier alpha value is -5.60. The highest BCUT2D eigenvalue weighted by molar-refractivity contribution is 6.09. The molecule has 2 heteroatoms. The summed E-state index contributed by atoms with van der Waals surface area (Å²) in [7, 11) is 0. The third kappa shape index (κ3) is 3.96. The van der Waals surface area contributed by atoms with Crippen molar-refractivity contribution in [1.82, 2.24) is 0 Å². The first-order chi connectivity index (χ1) is 22.1. The molecule has 7 aromatic carbocycles. The third-order valence-corrected chi connectivity index (χ3v) is 9.64. The van der Waals surface area contributed by atoms with Crippen LogP contribution in [0.15, 0.2) is 156 Å². The minimum Gasteiger partial charge on any atom is -0.456 e. The third-order valence-electron chi connectivity index (χ3n) is 9.64. The standard InChI is InChI=1S/C43H31NO/c1-43(2)38-18-10-8-16-33(38)34-23-22-32(25-39(34)43)44(31-21-20-28-12-6-7-15-30(28)24-31)40-27-42-37(35-17-9-11-19-41(35)45-42)26-36(40)29-13-4-3-5-14-29/h3-27H,1-2H3. The second-order valence-electron chi connectivity index (χ2n) is 12.6. The zero-order valence-corrected chi connectivity index (χ0v) is 25.3. The number of fused-ring (bicyclic) bond motifs is 7. The van der Waals surface area contributed by atoms with E-state index in [4.69, 9.17) is 4.42 Å². The van der Waals surface area contributed by atoms with Crippen LogP contribution >= 0.6 is 0 Å². The molecule has 0 spiro atoms. The van der Waals surface area contributed by atoms with Crippen LogP contribution in [0.3, 0.4) is 0 Å². The van der Waals surface area contributed by atoms with Crippen LogP contribution in [0, 0.1) is 0 Å². The lowest BCUT2D eigenvalue weighted by Crippen LogP contribution is -2.17. The maximum atomic E-state index is 6.50. The van der Waals surface area contributed by atoms with E-state index >= 15 is 0 Å². The lowest BCUT2D eigenvalue weighted by Gasteiger charge is -2.30. The van der Waals surface area contributed by atoms with Crippen LogP contribution in [0.25, 0.3) is 55.0 Å². The summed E-state index contributed by atoms with van der Waals surface area (Å²) in [6.07, 6.45) is 0. The average Bonchev–Trinajstić information content (AvgIpc) is 3.56. The zero-order valence-electron chi connectivity index (χ0n) is 25.3. The molecule has 214 valence electrons. The van der Waals surface area contributed by atoms with Crippen molar-refractivity contribution in [3.05, 3.63) is 163 Å². The Kier molecular flexibility index (Phi) is 5.58. The monoisotopic (exact) mass is 577 g/mol. The topological polar surface area (TPSA) is 16.4 Å². The summed E-state index contributed by atoms with van der Waals surface area (Å²) in [5.41, 5.74) is 12.7. The predicted octanol–water partition coefficient (Wildman–Crippen LogP) is 12.2. The fourth-order valence-corrected chi connectivity index (χ4v) is 7.37. The molecule has 0 saturated carbocycles. The Morgan fingerprint density at radius 3 is 2.04 bits per heavy atom. The Labute approximate surface area is 262 Å². The van der Waals surface area contributed by atoms with Crippen molar-refractivity contribution in [3.63, 3.8) is 0 Å². The van der Waals surface area contributed by atoms with Crippen LogP contribution in [-0.2, 0) is 5.41 Å². The Balaban J connectivity index is 1.35. The van der Waals surface area contributed by atoms with Gasteiger partial charge < -0.3 is 9.32 Å². The Bertz CT molecular complexity index is 2410. The van der Waals surface area contributed by atoms with Crippen molar-refractivity contribution in [3.8, 4) is 22.3 Å². The molecule has 45 heavy (non-hydrogen) atoms. The van der Waals surface area contributed by atoms with Crippen LogP contribution in [-0.4, -0.2) is 0 Å². The quantitative estimate of drug-likeness (QED) is 0.207. The molecular weight excluding hydrogens is 546 g/mol. The first-order valence-electron chi connectivity index (χ1n) is 15.6. The summed E-state index contributed by atoms with van der Waals surface area (Å²) in [6, 6.07) is 54.8. The van der Waals surface area contributed by atoms with Gasteiger partial charge in [0.1, 0.15) is 11.2 Å². The first-order valence-corrected chi connectivity index (χ1v) is 15.6. The summed E-state index contributed by atoms with van der Waals surface area (Å²) in [5.74, 6) is 0. The van der Waals surface area contributed by atoms with Gasteiger partial charge in [0.15, 0.2) is 0 Å². The number of hydrogen-bond donors (Lipinski definition) is 0. The molecule has 0 aliphatic heterocycles. The first kappa shape index (κ1) is 25.9. The molecule has 0 radical (unpaired) electrons. The van der Waals surface area contributed by atoms with Gasteiger partial charge in [-0.2, -0.15) is 0 Å². The maximum absolute atomic E-state index is 6.50. The normalized spacial score (nSPS) is 13.3. The molecule has 0 N–H and O–H groups in total. The van der Waals surface area contributed by atoms with Gasteiger partial charge in [-0.05, 0) is 75.0 Å². The van der Waals surface area contributed by atoms with Gasteiger partial charge in [0.05, 0.1) is 5.69 Å². The highest BCUT2D eigenvalue weighted by Gasteiger charge is 2.36. The van der Waals surface area contributed by atoms with Gasteiger partial charge in [-0.15, -0.1) is 0 Å². The lowest BCUT2D eigenvalue weighted by molar-refractivity contribution is 0.660. The van der Waals surface area contributed by atoms with E-state index < -0.39 is 0 Å². The summed E-state index contributed by atoms with van der Waals surface area (Å²) < 4.78 is 6.50. The SMILES string of the molecule is CC1(C)c2ccccc2-c2ccc(N(c3ccc4ccccc4c3)c3cc4oc5ccccc5c4cc3-c3ccccc3)cc21. The number of para-hydroxylation sites is 1. The van der Waals surface area contributed by atoms with Crippen LogP contribution in [0.4, 0.5) is 17.1 Å². The van der Waals surface area contributed by atoms with E-state index in [1.165, 1.54) is 38.6 Å². The van der Waals surface area contributed by atoms with Crippen molar-refractivity contribution in [2.24, 2.45) is 0 Å². The van der Waals surface area contributed by atoms with Gasteiger partial charge in [-0.1, -0.05) is 123 Å². The van der Waals surface area contributed by atoms with E-state index in [9.17, 15) is 0 Å². The minimum atomic E-state index is -0.109. The van der Waals surface area contributed by atoms with Crippen molar-refractivity contribution < 1.29 is 4.42 Å². The highest BCUT2D eigenvalue weighted by Crippen LogP contribution is 2.52. The van der Waals surface area contributed by atoms with Crippen LogP contribution < -0.4 is 4.90 Å². The maximum Gasteiger partial charge on any atom is 0.137 e. The number of furan rings is 1. The molecule has 1 aromatic heterocycles. The van der Waals surface area contributed by atoms with Crippen LogP contribution in [0.5, 0.6) is 0 Å². The number of nitrogens with zero attached hydrogens (tertiary/aromatic N) is 1.